The average molecular weight is 729 g/mol. The second-order valence-electron chi connectivity index (χ2n) is 14.9. The van der Waals surface area contributed by atoms with Gasteiger partial charge in [-0.3, -0.25) is 13.9 Å². The predicted octanol–water partition coefficient (Wildman–Crippen LogP) is 8.55. The molecule has 0 unspecified atom stereocenters. The van der Waals surface area contributed by atoms with Crippen LogP contribution in [0.3, 0.4) is 0 Å². The van der Waals surface area contributed by atoms with Crippen molar-refractivity contribution in [2.45, 2.75) is 79.2 Å². The Hall–Kier alpha value is -3.80. The summed E-state index contributed by atoms with van der Waals surface area (Å²) in [4.78, 5) is 32.5. The minimum Gasteiger partial charge on any atom is -0.455 e. The van der Waals surface area contributed by atoms with E-state index in [1.165, 1.54) is 22.7 Å². The van der Waals surface area contributed by atoms with Crippen LogP contribution >= 0.6 is 23.2 Å². The molecular formula is C36H43Cl2N5O5S. The van der Waals surface area contributed by atoms with E-state index in [0.29, 0.717) is 29.0 Å². The van der Waals surface area contributed by atoms with E-state index >= 15 is 0 Å². The van der Waals surface area contributed by atoms with Gasteiger partial charge in [-0.25, -0.2) is 14.5 Å². The molecule has 49 heavy (non-hydrogen) atoms. The van der Waals surface area contributed by atoms with Crippen molar-refractivity contribution in [1.82, 2.24) is 14.1 Å². The van der Waals surface area contributed by atoms with Crippen LogP contribution in [0.25, 0.3) is 16.8 Å². The van der Waals surface area contributed by atoms with Gasteiger partial charge in [0, 0.05) is 22.7 Å². The van der Waals surface area contributed by atoms with E-state index in [9.17, 15) is 18.0 Å². The Labute approximate surface area is 297 Å². The smallest absolute Gasteiger partial charge is 0.343 e. The van der Waals surface area contributed by atoms with E-state index in [4.69, 9.17) is 33.7 Å². The molecule has 1 saturated carbocycles. The Morgan fingerprint density at radius 2 is 1.53 bits per heavy atom. The molecular weight excluding hydrogens is 685 g/mol. The molecule has 1 aliphatic carbocycles. The fraction of sp³-hybridized carbons (Fsp3) is 0.417. The number of rotatable bonds is 8. The Balaban J connectivity index is 1.63. The number of amides is 1. The van der Waals surface area contributed by atoms with Gasteiger partial charge >= 0.3 is 16.2 Å². The number of aromatic nitrogens is 2. The molecule has 0 spiro atoms. The lowest BCUT2D eigenvalue weighted by Gasteiger charge is -2.54. The van der Waals surface area contributed by atoms with Crippen LogP contribution in [0.4, 0.5) is 11.5 Å². The molecule has 0 radical (unpaired) electrons. The zero-order valence-electron chi connectivity index (χ0n) is 28.6. The van der Waals surface area contributed by atoms with Gasteiger partial charge in [-0.05, 0) is 66.3 Å². The van der Waals surface area contributed by atoms with Gasteiger partial charge in [0.15, 0.2) is 5.65 Å². The van der Waals surface area contributed by atoms with E-state index in [0.717, 1.165) is 19.3 Å². The normalized spacial score (nSPS) is 15.3. The molecule has 1 aliphatic rings. The molecule has 2 heterocycles. The maximum atomic E-state index is 14.7. The topological polar surface area (TPSA) is 145 Å². The zero-order valence-corrected chi connectivity index (χ0v) is 30.9. The van der Waals surface area contributed by atoms with E-state index in [2.05, 4.69) is 51.2 Å². The predicted molar refractivity (Wildman–Crippen MR) is 195 cm³/mol. The molecule has 10 nitrogen and oxygen atoms in total. The van der Waals surface area contributed by atoms with Crippen molar-refractivity contribution in [1.29, 1.82) is 0 Å². The highest BCUT2D eigenvalue weighted by Gasteiger charge is 2.53. The Morgan fingerprint density at radius 1 is 0.939 bits per heavy atom. The molecule has 0 bridgehead atoms. The lowest BCUT2D eigenvalue weighted by molar-refractivity contribution is -0.136. The summed E-state index contributed by atoms with van der Waals surface area (Å²) in [6.45, 7) is 13.1. The number of nitrogens with one attached hydrogen (secondary N) is 2. The second-order valence-corrected chi connectivity index (χ2v) is 17.1. The van der Waals surface area contributed by atoms with Crippen LogP contribution in [-0.2, 0) is 14.9 Å². The van der Waals surface area contributed by atoms with Crippen molar-refractivity contribution in [3.05, 3.63) is 82.1 Å². The molecule has 1 fully saturated rings. The minimum absolute atomic E-state index is 0.000134. The van der Waals surface area contributed by atoms with Gasteiger partial charge in [0.05, 0.1) is 11.3 Å². The number of nitrogens with two attached hydrogens (primary N) is 1. The van der Waals surface area contributed by atoms with Crippen molar-refractivity contribution >= 4 is 62.4 Å². The highest BCUT2D eigenvalue weighted by molar-refractivity contribution is 7.91. The first-order valence-electron chi connectivity index (χ1n) is 16.2. The lowest BCUT2D eigenvalue weighted by atomic mass is 9.56. The molecule has 5 rings (SSSR count). The van der Waals surface area contributed by atoms with Crippen molar-refractivity contribution < 1.29 is 22.7 Å². The fourth-order valence-corrected chi connectivity index (χ4v) is 9.28. The number of benzene rings is 2. The number of fused-ring (bicyclic) bond motifs is 1. The zero-order chi connectivity index (χ0) is 35.9. The van der Waals surface area contributed by atoms with Gasteiger partial charge < -0.3 is 10.5 Å². The van der Waals surface area contributed by atoms with Crippen LogP contribution in [-0.4, -0.2) is 35.3 Å². The molecule has 2 aromatic carbocycles. The lowest BCUT2D eigenvalue weighted by Crippen LogP contribution is -2.54. The van der Waals surface area contributed by atoms with Gasteiger partial charge in [0.2, 0.25) is 0 Å². The number of carbonyl (C=O) groups excluding carboxylic acids is 2. The molecule has 0 saturated heterocycles. The quantitative estimate of drug-likeness (QED) is 0.154. The van der Waals surface area contributed by atoms with Gasteiger partial charge in [-0.1, -0.05) is 101 Å². The highest BCUT2D eigenvalue weighted by Crippen LogP contribution is 2.54. The van der Waals surface area contributed by atoms with Gasteiger partial charge in [-0.2, -0.15) is 8.42 Å². The Bertz CT molecular complexity index is 1960. The maximum Gasteiger partial charge on any atom is 0.343 e. The van der Waals surface area contributed by atoms with Crippen LogP contribution in [0.2, 0.25) is 10.2 Å². The summed E-state index contributed by atoms with van der Waals surface area (Å²) < 4.78 is 37.9. The van der Waals surface area contributed by atoms with E-state index in [-0.39, 0.29) is 50.2 Å². The first kappa shape index (κ1) is 36.5. The maximum absolute atomic E-state index is 14.7. The standard InChI is InChI=1S/C36H43Cl2N5O5S/c1-34(2,3)33(35(4,5)6)36(19-11-8-12-20-36)48-32(45)27-26(22-15-17-23(37)18-16-22)28(38)43-21-25(29(39)40-30(27)43)31(44)42-49(46,47)41-24-13-9-7-10-14-24/h7,9-10,13-18,21,33,41H,8,11-12,19-20H2,1-6H3,(H2,39,40)(H,42,44). The number of hydrogen-bond donors (Lipinski definition) is 3. The molecule has 1 amide bonds. The van der Waals surface area contributed by atoms with E-state index in [1.807, 2.05) is 4.72 Å². The summed E-state index contributed by atoms with van der Waals surface area (Å²) in [5.41, 5.74) is 6.15. The molecule has 4 N–H and O–H groups in total. The molecule has 262 valence electrons. The van der Waals surface area contributed by atoms with Crippen molar-refractivity contribution in [3.8, 4) is 11.1 Å². The van der Waals surface area contributed by atoms with Gasteiger partial charge in [-0.15, -0.1) is 0 Å². The first-order valence-corrected chi connectivity index (χ1v) is 18.5. The van der Waals surface area contributed by atoms with Crippen molar-refractivity contribution in [2.24, 2.45) is 16.7 Å². The second kappa shape index (κ2) is 13.5. The van der Waals surface area contributed by atoms with E-state index < -0.39 is 27.7 Å². The van der Waals surface area contributed by atoms with Crippen molar-refractivity contribution in [3.63, 3.8) is 0 Å². The highest BCUT2D eigenvalue weighted by atomic mass is 35.5. The van der Waals surface area contributed by atoms with Crippen LogP contribution in [0.5, 0.6) is 0 Å². The third kappa shape index (κ3) is 7.69. The molecule has 2 aromatic heterocycles. The summed E-state index contributed by atoms with van der Waals surface area (Å²) in [6, 6.07) is 14.9. The van der Waals surface area contributed by atoms with Crippen LogP contribution < -0.4 is 15.2 Å². The molecule has 13 heteroatoms. The number of anilines is 2. The van der Waals surface area contributed by atoms with Crippen LogP contribution in [0.15, 0.2) is 60.8 Å². The van der Waals surface area contributed by atoms with Crippen LogP contribution in [0.1, 0.15) is 94.4 Å². The largest absolute Gasteiger partial charge is 0.455 e. The SMILES string of the molecule is CC(C)(C)C(C(C)(C)C)C1(OC(=O)c2c(-c3ccc(Cl)cc3)c(Cl)n3cc(C(=O)NS(=O)(=O)Nc4ccccc4)c(N)nc23)CCCCC1. The van der Waals surface area contributed by atoms with E-state index in [1.54, 1.807) is 42.5 Å². The molecule has 4 aromatic rings. The van der Waals surface area contributed by atoms with Gasteiger partial charge in [0.25, 0.3) is 5.91 Å². The number of esters is 1. The fourth-order valence-electron chi connectivity index (χ4n) is 7.97. The van der Waals surface area contributed by atoms with Crippen LogP contribution in [0, 0.1) is 16.7 Å². The number of hydrogen-bond acceptors (Lipinski definition) is 7. The number of halogens is 2. The molecule has 0 atom stereocenters. The molecule has 0 aliphatic heterocycles. The monoisotopic (exact) mass is 727 g/mol. The summed E-state index contributed by atoms with van der Waals surface area (Å²) in [6.07, 6.45) is 5.58. The number of ether oxygens (including phenoxy) is 1. The summed E-state index contributed by atoms with van der Waals surface area (Å²) in [7, 11) is -4.34. The summed E-state index contributed by atoms with van der Waals surface area (Å²) in [5, 5.41) is 0.538. The van der Waals surface area contributed by atoms with Crippen molar-refractivity contribution in [2.75, 3.05) is 10.5 Å². The number of nitrogen functional groups attached to an aromatic ring is 1. The number of para-hydroxylation sites is 1. The third-order valence-corrected chi connectivity index (χ3v) is 10.6. The minimum atomic E-state index is -4.34. The summed E-state index contributed by atoms with van der Waals surface area (Å²) >= 11 is 13.2. The number of nitrogens with zero attached hydrogens (tertiary/aromatic N) is 2. The number of carbonyl (C=O) groups is 2. The first-order chi connectivity index (χ1) is 22.8. The Morgan fingerprint density at radius 3 is 2.10 bits per heavy atom. The third-order valence-electron chi connectivity index (χ3n) is 8.97. The summed E-state index contributed by atoms with van der Waals surface area (Å²) in [5.74, 6) is -1.97. The van der Waals surface area contributed by atoms with Gasteiger partial charge in [0.1, 0.15) is 22.1 Å². The Kier molecular flexibility index (Phi) is 10.0. The average Bonchev–Trinajstić information content (AvgIpc) is 3.26.